The van der Waals surface area contributed by atoms with Crippen molar-refractivity contribution in [2.45, 2.75) is 13.5 Å². The van der Waals surface area contributed by atoms with Crippen LogP contribution in [0.25, 0.3) is 0 Å². The van der Waals surface area contributed by atoms with Gasteiger partial charge in [-0.3, -0.25) is 10.2 Å². The number of ether oxygens (including phenoxy) is 1. The van der Waals surface area contributed by atoms with Crippen molar-refractivity contribution in [2.24, 2.45) is 5.84 Å². The van der Waals surface area contributed by atoms with Crippen LogP contribution in [0.2, 0.25) is 5.02 Å². The van der Waals surface area contributed by atoms with E-state index in [9.17, 15) is 4.79 Å². The van der Waals surface area contributed by atoms with Crippen LogP contribution in [0.1, 0.15) is 21.9 Å². The van der Waals surface area contributed by atoms with E-state index in [2.05, 4.69) is 21.4 Å². The first-order chi connectivity index (χ1) is 9.51. The Bertz CT molecular complexity index is 643. The highest BCUT2D eigenvalue weighted by molar-refractivity contribution is 9.10. The van der Waals surface area contributed by atoms with E-state index in [4.69, 9.17) is 26.6 Å². The first-order valence-electron chi connectivity index (χ1n) is 5.69. The summed E-state index contributed by atoms with van der Waals surface area (Å²) in [6, 6.07) is 6.89. The Morgan fingerprint density at radius 3 is 2.90 bits per heavy atom. The van der Waals surface area contributed by atoms with Gasteiger partial charge in [0.15, 0.2) is 0 Å². The molecule has 0 saturated carbocycles. The van der Waals surface area contributed by atoms with Crippen LogP contribution in [-0.4, -0.2) is 5.91 Å². The molecule has 0 saturated heterocycles. The fraction of sp³-hybridized carbons (Fsp3) is 0.154. The van der Waals surface area contributed by atoms with Crippen molar-refractivity contribution < 1.29 is 13.9 Å². The third-order valence-electron chi connectivity index (χ3n) is 2.61. The first-order valence-corrected chi connectivity index (χ1v) is 6.86. The number of amides is 1. The van der Waals surface area contributed by atoms with Gasteiger partial charge in [0.05, 0.1) is 10.6 Å². The number of carbonyl (C=O) groups is 1. The van der Waals surface area contributed by atoms with Crippen LogP contribution in [-0.2, 0) is 6.61 Å². The molecule has 0 unspecified atom stereocenters. The fourth-order valence-electron chi connectivity index (χ4n) is 1.66. The molecule has 3 N–H and O–H groups in total. The Kier molecular flexibility index (Phi) is 4.69. The standard InChI is InChI=1S/C13H12BrClN2O3/c1-7-10(13(18)17-16)5-9(20-7)6-19-12-3-2-8(14)4-11(12)15/h2-5H,6,16H2,1H3,(H,17,18). The molecule has 1 aromatic carbocycles. The van der Waals surface area contributed by atoms with Crippen LogP contribution in [0.3, 0.4) is 0 Å². The van der Waals surface area contributed by atoms with Crippen molar-refractivity contribution >= 4 is 33.4 Å². The lowest BCUT2D eigenvalue weighted by Gasteiger charge is -2.06. The fourth-order valence-corrected chi connectivity index (χ4v) is 2.39. The number of nitrogens with two attached hydrogens (primary N) is 1. The van der Waals surface area contributed by atoms with E-state index in [0.717, 1.165) is 4.47 Å². The smallest absolute Gasteiger partial charge is 0.268 e. The summed E-state index contributed by atoms with van der Waals surface area (Å²) in [5, 5.41) is 0.488. The van der Waals surface area contributed by atoms with Gasteiger partial charge in [-0.1, -0.05) is 27.5 Å². The number of furan rings is 1. The molecule has 2 aromatic rings. The van der Waals surface area contributed by atoms with Crippen LogP contribution in [0.5, 0.6) is 5.75 Å². The Morgan fingerprint density at radius 1 is 1.50 bits per heavy atom. The Labute approximate surface area is 129 Å². The van der Waals surface area contributed by atoms with Gasteiger partial charge in [0.1, 0.15) is 23.9 Å². The molecule has 0 aliphatic carbocycles. The van der Waals surface area contributed by atoms with Crippen molar-refractivity contribution in [3.8, 4) is 5.75 Å². The normalized spacial score (nSPS) is 10.4. The van der Waals surface area contributed by atoms with Crippen molar-refractivity contribution in [3.05, 3.63) is 50.8 Å². The van der Waals surface area contributed by atoms with E-state index < -0.39 is 5.91 Å². The third kappa shape index (κ3) is 3.33. The number of hydrogen-bond donors (Lipinski definition) is 2. The first kappa shape index (κ1) is 14.9. The minimum atomic E-state index is -0.404. The lowest BCUT2D eigenvalue weighted by atomic mass is 10.2. The van der Waals surface area contributed by atoms with Gasteiger partial charge in [0, 0.05) is 4.47 Å². The molecule has 0 bridgehead atoms. The quantitative estimate of drug-likeness (QED) is 0.499. The molecule has 0 radical (unpaired) electrons. The van der Waals surface area contributed by atoms with Gasteiger partial charge in [0.25, 0.3) is 5.91 Å². The van der Waals surface area contributed by atoms with Crippen LogP contribution in [0, 0.1) is 6.92 Å². The summed E-state index contributed by atoms with van der Waals surface area (Å²) in [4.78, 5) is 11.5. The molecule has 0 fully saturated rings. The molecule has 106 valence electrons. The average molecular weight is 360 g/mol. The zero-order valence-electron chi connectivity index (χ0n) is 10.6. The molecule has 5 nitrogen and oxygen atoms in total. The summed E-state index contributed by atoms with van der Waals surface area (Å²) in [6.45, 7) is 1.85. The second kappa shape index (κ2) is 6.30. The largest absolute Gasteiger partial charge is 0.484 e. The third-order valence-corrected chi connectivity index (χ3v) is 3.40. The van der Waals surface area contributed by atoms with E-state index in [-0.39, 0.29) is 6.61 Å². The Morgan fingerprint density at radius 2 is 2.25 bits per heavy atom. The van der Waals surface area contributed by atoms with Gasteiger partial charge in [-0.05, 0) is 31.2 Å². The molecule has 2 rings (SSSR count). The summed E-state index contributed by atoms with van der Waals surface area (Å²) in [5.74, 6) is 6.21. The van der Waals surface area contributed by atoms with E-state index in [1.165, 1.54) is 0 Å². The minimum Gasteiger partial charge on any atom is -0.484 e. The highest BCUT2D eigenvalue weighted by Gasteiger charge is 2.14. The van der Waals surface area contributed by atoms with Crippen molar-refractivity contribution in [1.82, 2.24) is 5.43 Å². The van der Waals surface area contributed by atoms with Crippen molar-refractivity contribution in [2.75, 3.05) is 0 Å². The molecule has 20 heavy (non-hydrogen) atoms. The second-order valence-corrected chi connectivity index (χ2v) is 5.34. The van der Waals surface area contributed by atoms with E-state index in [1.54, 1.807) is 25.1 Å². The van der Waals surface area contributed by atoms with E-state index >= 15 is 0 Å². The molecule has 0 spiro atoms. The second-order valence-electron chi connectivity index (χ2n) is 4.02. The Hall–Kier alpha value is -1.50. The van der Waals surface area contributed by atoms with Crippen LogP contribution in [0.15, 0.2) is 33.2 Å². The number of nitrogen functional groups attached to an aromatic ring is 1. The van der Waals surface area contributed by atoms with Gasteiger partial charge in [-0.2, -0.15) is 0 Å². The van der Waals surface area contributed by atoms with Crippen LogP contribution in [0.4, 0.5) is 0 Å². The molecule has 1 amide bonds. The number of benzene rings is 1. The number of halogens is 2. The summed E-state index contributed by atoms with van der Waals surface area (Å²) in [7, 11) is 0. The number of aryl methyl sites for hydroxylation is 1. The molecule has 7 heteroatoms. The zero-order chi connectivity index (χ0) is 14.7. The summed E-state index contributed by atoms with van der Waals surface area (Å²) < 4.78 is 11.8. The van der Waals surface area contributed by atoms with Gasteiger partial charge in [-0.15, -0.1) is 0 Å². The highest BCUT2D eigenvalue weighted by Crippen LogP contribution is 2.28. The maximum Gasteiger partial charge on any atom is 0.268 e. The van der Waals surface area contributed by atoms with Crippen molar-refractivity contribution in [3.63, 3.8) is 0 Å². The lowest BCUT2D eigenvalue weighted by Crippen LogP contribution is -2.30. The van der Waals surface area contributed by atoms with Crippen molar-refractivity contribution in [1.29, 1.82) is 0 Å². The molecule has 1 aromatic heterocycles. The molecule has 1 heterocycles. The van der Waals surface area contributed by atoms with E-state index in [1.807, 2.05) is 6.07 Å². The van der Waals surface area contributed by atoms with E-state index in [0.29, 0.717) is 27.9 Å². The maximum absolute atomic E-state index is 11.5. The molecular formula is C13H12BrClN2O3. The van der Waals surface area contributed by atoms with Gasteiger partial charge >= 0.3 is 0 Å². The molecule has 0 atom stereocenters. The number of rotatable bonds is 4. The number of hydrazine groups is 1. The monoisotopic (exact) mass is 358 g/mol. The van der Waals surface area contributed by atoms with Gasteiger partial charge < -0.3 is 9.15 Å². The van der Waals surface area contributed by atoms with Crippen LogP contribution >= 0.6 is 27.5 Å². The highest BCUT2D eigenvalue weighted by atomic mass is 79.9. The summed E-state index contributed by atoms with van der Waals surface area (Å²) in [5.41, 5.74) is 2.44. The number of hydrogen-bond acceptors (Lipinski definition) is 4. The number of nitrogens with one attached hydrogen (secondary N) is 1. The van der Waals surface area contributed by atoms with Crippen LogP contribution < -0.4 is 16.0 Å². The molecule has 0 aliphatic heterocycles. The molecular weight excluding hydrogens is 348 g/mol. The molecule has 0 aliphatic rings. The predicted molar refractivity (Wildman–Crippen MR) is 78.6 cm³/mol. The topological polar surface area (TPSA) is 77.5 Å². The number of carbonyl (C=O) groups excluding carboxylic acids is 1. The minimum absolute atomic E-state index is 0.167. The zero-order valence-corrected chi connectivity index (χ0v) is 12.9. The summed E-state index contributed by atoms with van der Waals surface area (Å²) in [6.07, 6.45) is 0. The van der Waals surface area contributed by atoms with Gasteiger partial charge in [-0.25, -0.2) is 5.84 Å². The maximum atomic E-state index is 11.5. The van der Waals surface area contributed by atoms with Gasteiger partial charge in [0.2, 0.25) is 0 Å². The Balaban J connectivity index is 2.09. The SMILES string of the molecule is Cc1oc(COc2ccc(Br)cc2Cl)cc1C(=O)NN. The summed E-state index contributed by atoms with van der Waals surface area (Å²) >= 11 is 9.35. The lowest BCUT2D eigenvalue weighted by molar-refractivity contribution is 0.0952. The predicted octanol–water partition coefficient (Wildman–Crippen LogP) is 3.19. The average Bonchev–Trinajstić information content (AvgIpc) is 2.78.